The smallest absolute Gasteiger partial charge is 0.256 e. The van der Waals surface area contributed by atoms with E-state index in [4.69, 9.17) is 4.74 Å². The van der Waals surface area contributed by atoms with E-state index in [2.05, 4.69) is 4.98 Å². The molecule has 6 heteroatoms. The van der Waals surface area contributed by atoms with Crippen molar-refractivity contribution in [3.05, 3.63) is 54.4 Å². The first-order valence-corrected chi connectivity index (χ1v) is 9.58. The standard InChI is InChI=1S/C22H27N3O3/c1-4-20(26)25-12-13-28-22(16-25,21(27)24(2)3)14-17-8-5-6-10-19(17)18-9-7-11-23-15-18/h5-11,15H,4,12-14,16H2,1-3H3/t22-/m0/s1. The van der Waals surface area contributed by atoms with Gasteiger partial charge in [-0.2, -0.15) is 0 Å². The lowest BCUT2D eigenvalue weighted by molar-refractivity contribution is -0.172. The minimum absolute atomic E-state index is 0.0415. The first-order valence-electron chi connectivity index (χ1n) is 9.58. The van der Waals surface area contributed by atoms with Crippen molar-refractivity contribution in [1.29, 1.82) is 0 Å². The van der Waals surface area contributed by atoms with Gasteiger partial charge >= 0.3 is 0 Å². The Morgan fingerprint density at radius 1 is 1.21 bits per heavy atom. The third-order valence-corrected chi connectivity index (χ3v) is 5.10. The molecule has 6 nitrogen and oxygen atoms in total. The van der Waals surface area contributed by atoms with Gasteiger partial charge in [0.15, 0.2) is 5.60 Å². The predicted octanol–water partition coefficient (Wildman–Crippen LogP) is 2.39. The van der Waals surface area contributed by atoms with Gasteiger partial charge in [0.05, 0.1) is 13.2 Å². The van der Waals surface area contributed by atoms with Crippen molar-refractivity contribution in [3.8, 4) is 11.1 Å². The highest BCUT2D eigenvalue weighted by atomic mass is 16.5. The summed E-state index contributed by atoms with van der Waals surface area (Å²) in [5.74, 6) is -0.0816. The molecule has 1 aromatic carbocycles. The summed E-state index contributed by atoms with van der Waals surface area (Å²) in [4.78, 5) is 33.0. The van der Waals surface area contributed by atoms with Crippen LogP contribution in [-0.4, -0.2) is 66.0 Å². The Kier molecular flexibility index (Phi) is 6.09. The van der Waals surface area contributed by atoms with Crippen molar-refractivity contribution in [1.82, 2.24) is 14.8 Å². The molecule has 2 aromatic rings. The topological polar surface area (TPSA) is 62.7 Å². The third-order valence-electron chi connectivity index (χ3n) is 5.10. The maximum Gasteiger partial charge on any atom is 0.256 e. The molecule has 1 aromatic heterocycles. The number of hydrogen-bond donors (Lipinski definition) is 0. The second kappa shape index (κ2) is 8.52. The fourth-order valence-electron chi connectivity index (χ4n) is 3.73. The molecule has 1 aliphatic rings. The highest BCUT2D eigenvalue weighted by molar-refractivity contribution is 5.87. The number of hydrogen-bond acceptors (Lipinski definition) is 4. The molecule has 2 heterocycles. The second-order valence-corrected chi connectivity index (χ2v) is 7.29. The fraction of sp³-hybridized carbons (Fsp3) is 0.409. The molecule has 0 aliphatic carbocycles. The van der Waals surface area contributed by atoms with Crippen LogP contribution in [-0.2, 0) is 20.7 Å². The zero-order chi connectivity index (χ0) is 20.1. The second-order valence-electron chi connectivity index (χ2n) is 7.29. The summed E-state index contributed by atoms with van der Waals surface area (Å²) in [5, 5.41) is 0. The number of carbonyl (C=O) groups is 2. The number of pyridine rings is 1. The molecule has 0 unspecified atom stereocenters. The van der Waals surface area contributed by atoms with Crippen LogP contribution in [0.15, 0.2) is 48.8 Å². The molecule has 3 rings (SSSR count). The number of carbonyl (C=O) groups excluding carboxylic acids is 2. The van der Waals surface area contributed by atoms with Crippen LogP contribution < -0.4 is 0 Å². The maximum atomic E-state index is 13.2. The number of benzene rings is 1. The van der Waals surface area contributed by atoms with E-state index in [1.807, 2.05) is 49.5 Å². The van der Waals surface area contributed by atoms with E-state index < -0.39 is 5.60 Å². The SMILES string of the molecule is CCC(=O)N1CCO[C@](Cc2ccccc2-c2cccnc2)(C(=O)N(C)C)C1. The maximum absolute atomic E-state index is 13.2. The molecule has 0 radical (unpaired) electrons. The molecule has 1 aliphatic heterocycles. The molecule has 2 amide bonds. The van der Waals surface area contributed by atoms with Crippen LogP contribution in [0.2, 0.25) is 0 Å². The largest absolute Gasteiger partial charge is 0.361 e. The van der Waals surface area contributed by atoms with Gasteiger partial charge in [-0.05, 0) is 17.2 Å². The van der Waals surface area contributed by atoms with Gasteiger partial charge in [-0.1, -0.05) is 37.3 Å². The Morgan fingerprint density at radius 3 is 2.68 bits per heavy atom. The Hall–Kier alpha value is -2.73. The zero-order valence-electron chi connectivity index (χ0n) is 16.7. The van der Waals surface area contributed by atoms with Crippen molar-refractivity contribution in [2.45, 2.75) is 25.4 Å². The number of ether oxygens (including phenoxy) is 1. The van der Waals surface area contributed by atoms with E-state index in [0.717, 1.165) is 16.7 Å². The third kappa shape index (κ3) is 4.07. The lowest BCUT2D eigenvalue weighted by atomic mass is 9.87. The summed E-state index contributed by atoms with van der Waals surface area (Å²) >= 11 is 0. The number of likely N-dealkylation sites (N-methyl/N-ethyl adjacent to an activating group) is 1. The summed E-state index contributed by atoms with van der Waals surface area (Å²) < 4.78 is 6.11. The van der Waals surface area contributed by atoms with E-state index in [9.17, 15) is 9.59 Å². The Balaban J connectivity index is 2.00. The molecule has 0 saturated carbocycles. The van der Waals surface area contributed by atoms with E-state index in [-0.39, 0.29) is 18.4 Å². The van der Waals surface area contributed by atoms with E-state index in [0.29, 0.717) is 26.0 Å². The summed E-state index contributed by atoms with van der Waals surface area (Å²) in [6.45, 7) is 2.96. The average Bonchev–Trinajstić information content (AvgIpc) is 2.73. The van der Waals surface area contributed by atoms with Gasteiger partial charge in [0.25, 0.3) is 5.91 Å². The summed E-state index contributed by atoms with van der Waals surface area (Å²) in [7, 11) is 3.45. The van der Waals surface area contributed by atoms with Crippen LogP contribution in [0.25, 0.3) is 11.1 Å². The van der Waals surface area contributed by atoms with Crippen LogP contribution in [0.1, 0.15) is 18.9 Å². The summed E-state index contributed by atoms with van der Waals surface area (Å²) in [6.07, 6.45) is 4.36. The lowest BCUT2D eigenvalue weighted by Gasteiger charge is -2.43. The average molecular weight is 381 g/mol. The first-order chi connectivity index (χ1) is 13.5. The quantitative estimate of drug-likeness (QED) is 0.798. The Bertz CT molecular complexity index is 838. The number of amides is 2. The van der Waals surface area contributed by atoms with Crippen LogP contribution >= 0.6 is 0 Å². The molecule has 0 spiro atoms. The van der Waals surface area contributed by atoms with Gasteiger partial charge < -0.3 is 14.5 Å². The first kappa shape index (κ1) is 20.0. The summed E-state index contributed by atoms with van der Waals surface area (Å²) in [5.41, 5.74) is 1.91. The van der Waals surface area contributed by atoms with Crippen LogP contribution in [0.5, 0.6) is 0 Å². The van der Waals surface area contributed by atoms with Crippen LogP contribution in [0, 0.1) is 0 Å². The highest BCUT2D eigenvalue weighted by Gasteiger charge is 2.46. The molecule has 1 atom stereocenters. The van der Waals surface area contributed by atoms with Crippen molar-refractivity contribution >= 4 is 11.8 Å². The van der Waals surface area contributed by atoms with Crippen LogP contribution in [0.4, 0.5) is 0 Å². The molecule has 148 valence electrons. The van der Waals surface area contributed by atoms with Gasteiger partial charge in [0.2, 0.25) is 5.91 Å². The Morgan fingerprint density at radius 2 is 2.00 bits per heavy atom. The Labute approximate surface area is 166 Å². The van der Waals surface area contributed by atoms with Gasteiger partial charge in [0.1, 0.15) is 0 Å². The van der Waals surface area contributed by atoms with Crippen molar-refractivity contribution in [3.63, 3.8) is 0 Å². The van der Waals surface area contributed by atoms with E-state index in [1.54, 1.807) is 30.1 Å². The van der Waals surface area contributed by atoms with Gasteiger partial charge in [-0.3, -0.25) is 14.6 Å². The van der Waals surface area contributed by atoms with Crippen molar-refractivity contribution in [2.75, 3.05) is 33.8 Å². The van der Waals surface area contributed by atoms with Crippen molar-refractivity contribution in [2.24, 2.45) is 0 Å². The monoisotopic (exact) mass is 381 g/mol. The van der Waals surface area contributed by atoms with Crippen LogP contribution in [0.3, 0.4) is 0 Å². The molecule has 0 bridgehead atoms. The molecule has 0 N–H and O–H groups in total. The normalized spacial score (nSPS) is 19.3. The fourth-order valence-corrected chi connectivity index (χ4v) is 3.73. The number of nitrogens with zero attached hydrogens (tertiary/aromatic N) is 3. The number of aromatic nitrogens is 1. The van der Waals surface area contributed by atoms with Crippen molar-refractivity contribution < 1.29 is 14.3 Å². The predicted molar refractivity (Wildman–Crippen MR) is 108 cm³/mol. The molecule has 1 fully saturated rings. The summed E-state index contributed by atoms with van der Waals surface area (Å²) in [6, 6.07) is 11.9. The zero-order valence-corrected chi connectivity index (χ0v) is 16.7. The number of rotatable bonds is 5. The highest BCUT2D eigenvalue weighted by Crippen LogP contribution is 2.31. The minimum Gasteiger partial charge on any atom is -0.361 e. The molecule has 28 heavy (non-hydrogen) atoms. The van der Waals surface area contributed by atoms with Gasteiger partial charge in [0, 0.05) is 51.4 Å². The van der Waals surface area contributed by atoms with Gasteiger partial charge in [-0.25, -0.2) is 0 Å². The minimum atomic E-state index is -1.09. The number of morpholine rings is 1. The molecular formula is C22H27N3O3. The van der Waals surface area contributed by atoms with E-state index >= 15 is 0 Å². The van der Waals surface area contributed by atoms with Gasteiger partial charge in [-0.15, -0.1) is 0 Å². The molecule has 1 saturated heterocycles. The van der Waals surface area contributed by atoms with E-state index in [1.165, 1.54) is 0 Å². The lowest BCUT2D eigenvalue weighted by Crippen LogP contribution is -2.61. The molecular weight excluding hydrogens is 354 g/mol.